The number of hydrogen-bond acceptors (Lipinski definition) is 1. The Kier molecular flexibility index (Phi) is 5.66. The monoisotopic (exact) mass is 232 g/mol. The van der Waals surface area contributed by atoms with Crippen LogP contribution in [0.2, 0.25) is 0 Å². The van der Waals surface area contributed by atoms with Gasteiger partial charge in [-0.1, -0.05) is 6.58 Å². The Morgan fingerprint density at radius 1 is 1.67 bits per heavy atom. The van der Waals surface area contributed by atoms with E-state index in [0.29, 0.717) is 0 Å². The second-order valence-electron chi connectivity index (χ2n) is 2.32. The third-order valence-electron chi connectivity index (χ3n) is 1.57. The summed E-state index contributed by atoms with van der Waals surface area (Å²) in [5.41, 5.74) is 0. The molecule has 0 fully saturated rings. The highest BCUT2D eigenvalue weighted by atomic mass is 79.9. The van der Waals surface area contributed by atoms with Crippen molar-refractivity contribution < 1.29 is 26.7 Å². The van der Waals surface area contributed by atoms with Crippen molar-refractivity contribution in [2.75, 3.05) is 6.61 Å². The molecule has 1 aromatic heterocycles. The predicted octanol–water partition coefficient (Wildman–Crippen LogP) is -2.67. The first-order valence-corrected chi connectivity index (χ1v) is 3.69. The maximum Gasteiger partial charge on any atom is 0.258 e. The zero-order valence-corrected chi connectivity index (χ0v) is 8.42. The van der Waals surface area contributed by atoms with E-state index >= 15 is 0 Å². The third kappa shape index (κ3) is 2.79. The summed E-state index contributed by atoms with van der Waals surface area (Å²) >= 11 is 0. The minimum absolute atomic E-state index is 0. The second-order valence-corrected chi connectivity index (χ2v) is 2.32. The zero-order valence-electron chi connectivity index (χ0n) is 6.83. The molecule has 3 nitrogen and oxygen atoms in total. The standard InChI is InChI=1S/C8H12N2O.BrH/c1-2-10-6-5-9-8(10)4-3-7-11;/h2,5-6,11H,1,3-4,7H2;1H. The largest absolute Gasteiger partial charge is 1.00 e. The van der Waals surface area contributed by atoms with Gasteiger partial charge in [-0.05, 0) is 6.42 Å². The van der Waals surface area contributed by atoms with Crippen molar-refractivity contribution in [2.24, 2.45) is 0 Å². The van der Waals surface area contributed by atoms with Crippen LogP contribution in [0.3, 0.4) is 0 Å². The van der Waals surface area contributed by atoms with E-state index in [9.17, 15) is 0 Å². The predicted molar refractivity (Wildman–Crippen MR) is 42.8 cm³/mol. The van der Waals surface area contributed by atoms with Gasteiger partial charge in [-0.3, -0.25) is 0 Å². The number of rotatable bonds is 4. The molecule has 1 aromatic rings. The van der Waals surface area contributed by atoms with Crippen molar-refractivity contribution in [3.05, 3.63) is 24.8 Å². The molecule has 0 aromatic carbocycles. The van der Waals surface area contributed by atoms with E-state index in [4.69, 9.17) is 5.11 Å². The summed E-state index contributed by atoms with van der Waals surface area (Å²) in [5.74, 6) is 1.08. The number of aryl methyl sites for hydroxylation is 1. The van der Waals surface area contributed by atoms with Gasteiger partial charge in [0.25, 0.3) is 5.82 Å². The Balaban J connectivity index is 0.00000121. The molecule has 68 valence electrons. The van der Waals surface area contributed by atoms with Gasteiger partial charge >= 0.3 is 0 Å². The van der Waals surface area contributed by atoms with E-state index in [0.717, 1.165) is 18.7 Å². The van der Waals surface area contributed by atoms with Crippen LogP contribution >= 0.6 is 0 Å². The lowest BCUT2D eigenvalue weighted by Gasteiger charge is -1.91. The average Bonchev–Trinajstić information content (AvgIpc) is 2.47. The van der Waals surface area contributed by atoms with Crippen LogP contribution in [0.5, 0.6) is 0 Å². The summed E-state index contributed by atoms with van der Waals surface area (Å²) in [7, 11) is 0. The second kappa shape index (κ2) is 5.97. The van der Waals surface area contributed by atoms with Crippen LogP contribution in [0.15, 0.2) is 19.0 Å². The quantitative estimate of drug-likeness (QED) is 0.547. The highest BCUT2D eigenvalue weighted by molar-refractivity contribution is 4.97. The molecule has 0 aliphatic heterocycles. The number of aromatic amines is 1. The van der Waals surface area contributed by atoms with Gasteiger partial charge in [0.1, 0.15) is 12.4 Å². The molecule has 1 heterocycles. The molecule has 0 saturated carbocycles. The summed E-state index contributed by atoms with van der Waals surface area (Å²) in [6, 6.07) is 0. The van der Waals surface area contributed by atoms with Crippen LogP contribution in [0.25, 0.3) is 6.20 Å². The molecular weight excluding hydrogens is 220 g/mol. The SMILES string of the molecule is C=C[n+]1cc[nH]c1CCCO.[Br-]. The van der Waals surface area contributed by atoms with E-state index in [1.165, 1.54) is 0 Å². The molecule has 0 spiro atoms. The van der Waals surface area contributed by atoms with Gasteiger partial charge in [0, 0.05) is 6.61 Å². The first-order chi connectivity index (χ1) is 5.38. The maximum atomic E-state index is 8.58. The Bertz CT molecular complexity index is 235. The summed E-state index contributed by atoms with van der Waals surface area (Å²) in [6.45, 7) is 3.88. The third-order valence-corrected chi connectivity index (χ3v) is 1.57. The lowest BCUT2D eigenvalue weighted by molar-refractivity contribution is -0.575. The lowest BCUT2D eigenvalue weighted by Crippen LogP contribution is -3.00. The number of H-pyrrole nitrogens is 1. The number of imidazole rings is 1. The van der Waals surface area contributed by atoms with Gasteiger partial charge < -0.3 is 22.1 Å². The fourth-order valence-corrected chi connectivity index (χ4v) is 0.997. The van der Waals surface area contributed by atoms with Gasteiger partial charge in [-0.15, -0.1) is 0 Å². The van der Waals surface area contributed by atoms with Gasteiger partial charge in [0.15, 0.2) is 0 Å². The summed E-state index contributed by atoms with van der Waals surface area (Å²) in [5, 5.41) is 8.58. The normalized spacial score (nSPS) is 9.08. The lowest BCUT2D eigenvalue weighted by atomic mass is 10.3. The molecule has 4 heteroatoms. The summed E-state index contributed by atoms with van der Waals surface area (Å²) < 4.78 is 1.91. The van der Waals surface area contributed by atoms with Gasteiger partial charge in [0.2, 0.25) is 0 Å². The fourth-order valence-electron chi connectivity index (χ4n) is 0.997. The van der Waals surface area contributed by atoms with Crippen LogP contribution in [0.4, 0.5) is 0 Å². The molecule has 1 rings (SSSR count). The van der Waals surface area contributed by atoms with E-state index in [2.05, 4.69) is 11.6 Å². The number of hydrogen-bond donors (Lipinski definition) is 2. The molecule has 0 amide bonds. The number of nitrogens with zero attached hydrogens (tertiary/aromatic N) is 1. The highest BCUT2D eigenvalue weighted by Crippen LogP contribution is 1.91. The van der Waals surface area contributed by atoms with Crippen LogP contribution in [-0.2, 0) is 6.42 Å². The molecule has 0 saturated heterocycles. The minimum Gasteiger partial charge on any atom is -1.00 e. The first kappa shape index (κ1) is 11.4. The number of nitrogens with one attached hydrogen (secondary N) is 1. The van der Waals surface area contributed by atoms with E-state index in [1.807, 2.05) is 17.0 Å². The fraction of sp³-hybridized carbons (Fsp3) is 0.375. The average molecular weight is 233 g/mol. The number of aromatic nitrogens is 2. The number of aliphatic hydroxyl groups is 1. The van der Waals surface area contributed by atoms with Crippen molar-refractivity contribution in [3.8, 4) is 0 Å². The van der Waals surface area contributed by atoms with Crippen molar-refractivity contribution in [1.82, 2.24) is 4.98 Å². The van der Waals surface area contributed by atoms with Gasteiger partial charge in [0.05, 0.1) is 12.6 Å². The summed E-state index contributed by atoms with van der Waals surface area (Å²) in [6.07, 6.45) is 7.14. The van der Waals surface area contributed by atoms with Crippen molar-refractivity contribution in [2.45, 2.75) is 12.8 Å². The maximum absolute atomic E-state index is 8.58. The zero-order chi connectivity index (χ0) is 8.10. The van der Waals surface area contributed by atoms with Crippen LogP contribution in [0, 0.1) is 0 Å². The molecule has 2 N–H and O–H groups in total. The van der Waals surface area contributed by atoms with Crippen LogP contribution in [-0.4, -0.2) is 16.7 Å². The molecule has 0 radical (unpaired) electrons. The molecule has 12 heavy (non-hydrogen) atoms. The van der Waals surface area contributed by atoms with Gasteiger partial charge in [-0.2, -0.15) is 0 Å². The molecule has 0 unspecified atom stereocenters. The van der Waals surface area contributed by atoms with Gasteiger partial charge in [-0.25, -0.2) is 9.55 Å². The Hall–Kier alpha value is -0.610. The molecule has 0 aliphatic rings. The Morgan fingerprint density at radius 2 is 2.42 bits per heavy atom. The number of halogens is 1. The van der Waals surface area contributed by atoms with Crippen LogP contribution < -0.4 is 21.5 Å². The molecule has 0 bridgehead atoms. The van der Waals surface area contributed by atoms with E-state index in [-0.39, 0.29) is 23.6 Å². The Morgan fingerprint density at radius 3 is 3.00 bits per heavy atom. The van der Waals surface area contributed by atoms with Crippen molar-refractivity contribution >= 4 is 6.20 Å². The van der Waals surface area contributed by atoms with Crippen molar-refractivity contribution in [1.29, 1.82) is 0 Å². The molecular formula is C8H13BrN2O. The minimum atomic E-state index is 0. The number of aliphatic hydroxyl groups excluding tert-OH is 1. The van der Waals surface area contributed by atoms with Crippen molar-refractivity contribution in [3.63, 3.8) is 0 Å². The smallest absolute Gasteiger partial charge is 0.258 e. The summed E-state index contributed by atoms with van der Waals surface area (Å²) in [4.78, 5) is 3.07. The van der Waals surface area contributed by atoms with E-state index in [1.54, 1.807) is 6.20 Å². The highest BCUT2D eigenvalue weighted by Gasteiger charge is 2.05. The first-order valence-electron chi connectivity index (χ1n) is 3.69. The molecule has 0 atom stereocenters. The van der Waals surface area contributed by atoms with E-state index < -0.39 is 0 Å². The topological polar surface area (TPSA) is 39.9 Å². The van der Waals surface area contributed by atoms with Crippen LogP contribution in [0.1, 0.15) is 12.2 Å². The molecule has 0 aliphatic carbocycles. The Labute approximate surface area is 82.5 Å².